The Kier molecular flexibility index (Phi) is 6.94. The standard InChI is InChI=1S/C20H24Cl2N4O/c1-15(24-20(27)13-16-17(21)5-4-6-18(16)22)14-25-9-11-26(12-10-25)19-7-2-3-8-23-19/h2-8,15H,9-14H2,1H3,(H,24,27). The Bertz CT molecular complexity index is 744. The Morgan fingerprint density at radius 1 is 1.11 bits per heavy atom. The van der Waals surface area contributed by atoms with Gasteiger partial charge in [0.25, 0.3) is 0 Å². The second-order valence-electron chi connectivity index (χ2n) is 6.82. The number of anilines is 1. The summed E-state index contributed by atoms with van der Waals surface area (Å²) < 4.78 is 0. The van der Waals surface area contributed by atoms with Gasteiger partial charge in [0, 0.05) is 55.0 Å². The number of nitrogens with one attached hydrogen (secondary N) is 1. The van der Waals surface area contributed by atoms with E-state index in [4.69, 9.17) is 23.2 Å². The van der Waals surface area contributed by atoms with Crippen molar-refractivity contribution in [2.45, 2.75) is 19.4 Å². The zero-order valence-electron chi connectivity index (χ0n) is 15.4. The first-order chi connectivity index (χ1) is 13.0. The molecule has 1 unspecified atom stereocenters. The van der Waals surface area contributed by atoms with Crippen molar-refractivity contribution in [1.29, 1.82) is 0 Å². The van der Waals surface area contributed by atoms with E-state index in [1.165, 1.54) is 0 Å². The third-order valence-corrected chi connectivity index (χ3v) is 5.39. The molecule has 0 bridgehead atoms. The first kappa shape index (κ1) is 19.9. The molecule has 1 aromatic carbocycles. The molecule has 5 nitrogen and oxygen atoms in total. The number of benzene rings is 1. The molecule has 3 rings (SSSR count). The molecular weight excluding hydrogens is 383 g/mol. The second kappa shape index (κ2) is 9.40. The minimum absolute atomic E-state index is 0.0557. The molecule has 1 aliphatic heterocycles. The van der Waals surface area contributed by atoms with Crippen molar-refractivity contribution >= 4 is 34.9 Å². The number of halogens is 2. The Hall–Kier alpha value is -1.82. The Balaban J connectivity index is 1.44. The van der Waals surface area contributed by atoms with E-state index in [-0.39, 0.29) is 18.4 Å². The fourth-order valence-corrected chi connectivity index (χ4v) is 3.85. The van der Waals surface area contributed by atoms with E-state index in [1.807, 2.05) is 31.3 Å². The smallest absolute Gasteiger partial charge is 0.224 e. The summed E-state index contributed by atoms with van der Waals surface area (Å²) >= 11 is 12.3. The summed E-state index contributed by atoms with van der Waals surface area (Å²) in [6.45, 7) is 6.62. The molecule has 0 saturated carbocycles. The number of aromatic nitrogens is 1. The minimum atomic E-state index is -0.0652. The van der Waals surface area contributed by atoms with Crippen LogP contribution < -0.4 is 10.2 Å². The average Bonchev–Trinajstić information content (AvgIpc) is 2.66. The largest absolute Gasteiger partial charge is 0.354 e. The van der Waals surface area contributed by atoms with E-state index in [2.05, 4.69) is 20.1 Å². The van der Waals surface area contributed by atoms with Gasteiger partial charge in [-0.15, -0.1) is 0 Å². The van der Waals surface area contributed by atoms with E-state index in [0.29, 0.717) is 15.6 Å². The van der Waals surface area contributed by atoms with E-state index < -0.39 is 0 Å². The fourth-order valence-electron chi connectivity index (χ4n) is 3.32. The number of carbonyl (C=O) groups is 1. The molecule has 0 aliphatic carbocycles. The van der Waals surface area contributed by atoms with Gasteiger partial charge < -0.3 is 10.2 Å². The van der Waals surface area contributed by atoms with Gasteiger partial charge in [0.05, 0.1) is 6.42 Å². The summed E-state index contributed by atoms with van der Waals surface area (Å²) in [5.74, 6) is 0.958. The molecule has 0 spiro atoms. The minimum Gasteiger partial charge on any atom is -0.354 e. The number of piperazine rings is 1. The normalized spacial score (nSPS) is 16.2. The first-order valence-corrected chi connectivity index (χ1v) is 9.89. The van der Waals surface area contributed by atoms with Gasteiger partial charge in [0.15, 0.2) is 0 Å². The van der Waals surface area contributed by atoms with Crippen LogP contribution in [0, 0.1) is 0 Å². The number of hydrogen-bond donors (Lipinski definition) is 1. The average molecular weight is 407 g/mol. The van der Waals surface area contributed by atoms with Crippen molar-refractivity contribution < 1.29 is 4.79 Å². The van der Waals surface area contributed by atoms with Crippen LogP contribution in [0.5, 0.6) is 0 Å². The maximum Gasteiger partial charge on any atom is 0.224 e. The highest BCUT2D eigenvalue weighted by Gasteiger charge is 2.20. The number of nitrogens with zero attached hydrogens (tertiary/aromatic N) is 3. The van der Waals surface area contributed by atoms with Crippen molar-refractivity contribution in [2.24, 2.45) is 0 Å². The monoisotopic (exact) mass is 406 g/mol. The number of amides is 1. The summed E-state index contributed by atoms with van der Waals surface area (Å²) in [5, 5.41) is 4.10. The number of pyridine rings is 1. The molecule has 1 N–H and O–H groups in total. The van der Waals surface area contributed by atoms with E-state index in [9.17, 15) is 4.79 Å². The number of rotatable bonds is 6. The zero-order chi connectivity index (χ0) is 19.2. The summed E-state index contributed by atoms with van der Waals surface area (Å²) in [5.41, 5.74) is 0.675. The zero-order valence-corrected chi connectivity index (χ0v) is 16.9. The Morgan fingerprint density at radius 2 is 1.81 bits per heavy atom. The van der Waals surface area contributed by atoms with Gasteiger partial charge in [0.2, 0.25) is 5.91 Å². The maximum absolute atomic E-state index is 12.3. The molecule has 1 atom stereocenters. The van der Waals surface area contributed by atoms with Crippen LogP contribution in [-0.2, 0) is 11.2 Å². The molecule has 1 amide bonds. The van der Waals surface area contributed by atoms with Crippen LogP contribution in [0.4, 0.5) is 5.82 Å². The lowest BCUT2D eigenvalue weighted by Crippen LogP contribution is -2.51. The number of carbonyl (C=O) groups excluding carboxylic acids is 1. The third kappa shape index (κ3) is 5.58. The predicted molar refractivity (Wildman–Crippen MR) is 111 cm³/mol. The summed E-state index contributed by atoms with van der Waals surface area (Å²) in [4.78, 5) is 21.4. The highest BCUT2D eigenvalue weighted by atomic mass is 35.5. The lowest BCUT2D eigenvalue weighted by atomic mass is 10.1. The lowest BCUT2D eigenvalue weighted by Gasteiger charge is -2.36. The van der Waals surface area contributed by atoms with Gasteiger partial charge in [-0.2, -0.15) is 0 Å². The van der Waals surface area contributed by atoms with Crippen molar-refractivity contribution in [3.8, 4) is 0 Å². The molecule has 2 aromatic rings. The molecule has 2 heterocycles. The van der Waals surface area contributed by atoms with Crippen LogP contribution in [0.2, 0.25) is 10.0 Å². The number of hydrogen-bond acceptors (Lipinski definition) is 4. The first-order valence-electron chi connectivity index (χ1n) is 9.13. The molecule has 1 saturated heterocycles. The second-order valence-corrected chi connectivity index (χ2v) is 7.64. The van der Waals surface area contributed by atoms with Crippen LogP contribution in [-0.4, -0.2) is 54.6 Å². The van der Waals surface area contributed by atoms with Crippen molar-refractivity contribution in [1.82, 2.24) is 15.2 Å². The quantitative estimate of drug-likeness (QED) is 0.799. The van der Waals surface area contributed by atoms with Gasteiger partial charge in [-0.3, -0.25) is 9.69 Å². The van der Waals surface area contributed by atoms with Gasteiger partial charge >= 0.3 is 0 Å². The Morgan fingerprint density at radius 3 is 2.44 bits per heavy atom. The summed E-state index contributed by atoms with van der Waals surface area (Å²) in [6.07, 6.45) is 2.01. The SMILES string of the molecule is CC(CN1CCN(c2ccccn2)CC1)NC(=O)Cc1c(Cl)cccc1Cl. The molecule has 1 fully saturated rings. The molecular formula is C20H24Cl2N4O. The van der Waals surface area contributed by atoms with Crippen LogP contribution in [0.25, 0.3) is 0 Å². The van der Waals surface area contributed by atoms with Crippen LogP contribution in [0.15, 0.2) is 42.6 Å². The van der Waals surface area contributed by atoms with Crippen LogP contribution >= 0.6 is 23.2 Å². The predicted octanol–water partition coefficient (Wildman–Crippen LogP) is 3.26. The summed E-state index contributed by atoms with van der Waals surface area (Å²) in [6, 6.07) is 11.3. The third-order valence-electron chi connectivity index (χ3n) is 4.68. The van der Waals surface area contributed by atoms with Crippen LogP contribution in [0.1, 0.15) is 12.5 Å². The van der Waals surface area contributed by atoms with Gasteiger partial charge in [-0.05, 0) is 36.8 Å². The van der Waals surface area contributed by atoms with E-state index >= 15 is 0 Å². The van der Waals surface area contributed by atoms with Crippen LogP contribution in [0.3, 0.4) is 0 Å². The molecule has 144 valence electrons. The topological polar surface area (TPSA) is 48.5 Å². The molecule has 0 radical (unpaired) electrons. The summed E-state index contributed by atoms with van der Waals surface area (Å²) in [7, 11) is 0. The maximum atomic E-state index is 12.3. The molecule has 1 aliphatic rings. The fraction of sp³-hybridized carbons (Fsp3) is 0.400. The highest BCUT2D eigenvalue weighted by Crippen LogP contribution is 2.24. The molecule has 27 heavy (non-hydrogen) atoms. The van der Waals surface area contributed by atoms with Gasteiger partial charge in [-0.25, -0.2) is 4.98 Å². The highest BCUT2D eigenvalue weighted by molar-refractivity contribution is 6.36. The van der Waals surface area contributed by atoms with Crippen molar-refractivity contribution in [3.63, 3.8) is 0 Å². The van der Waals surface area contributed by atoms with Gasteiger partial charge in [-0.1, -0.05) is 35.3 Å². The van der Waals surface area contributed by atoms with E-state index in [1.54, 1.807) is 18.2 Å². The molecule has 1 aromatic heterocycles. The lowest BCUT2D eigenvalue weighted by molar-refractivity contribution is -0.121. The van der Waals surface area contributed by atoms with E-state index in [0.717, 1.165) is 38.5 Å². The van der Waals surface area contributed by atoms with Crippen molar-refractivity contribution in [2.75, 3.05) is 37.6 Å². The molecule has 7 heteroatoms. The Labute approximate surface area is 170 Å². The van der Waals surface area contributed by atoms with Crippen molar-refractivity contribution in [3.05, 3.63) is 58.2 Å². The van der Waals surface area contributed by atoms with Gasteiger partial charge in [0.1, 0.15) is 5.82 Å².